The minimum atomic E-state index is 0.143. The van der Waals surface area contributed by atoms with Crippen LogP contribution in [0.5, 0.6) is 0 Å². The van der Waals surface area contributed by atoms with Crippen LogP contribution in [0, 0.1) is 17.3 Å². The fourth-order valence-corrected chi connectivity index (χ4v) is 4.79. The van der Waals surface area contributed by atoms with Crippen LogP contribution in [0.1, 0.15) is 78.6 Å². The molecule has 0 spiro atoms. The van der Waals surface area contributed by atoms with Crippen LogP contribution in [0.4, 0.5) is 0 Å². The normalized spacial score (nSPS) is 38.5. The first-order valence-corrected chi connectivity index (χ1v) is 7.68. The molecule has 1 heteroatoms. The van der Waals surface area contributed by atoms with E-state index in [4.69, 9.17) is 5.73 Å². The minimum absolute atomic E-state index is 0.143. The van der Waals surface area contributed by atoms with E-state index in [0.717, 1.165) is 11.8 Å². The number of nitrogens with two attached hydrogens (primary N) is 1. The molecule has 0 heterocycles. The van der Waals surface area contributed by atoms with Crippen molar-refractivity contribution >= 4 is 0 Å². The monoisotopic (exact) mass is 237 g/mol. The van der Waals surface area contributed by atoms with Gasteiger partial charge in [-0.25, -0.2) is 0 Å². The summed E-state index contributed by atoms with van der Waals surface area (Å²) in [5.41, 5.74) is 7.31. The lowest BCUT2D eigenvalue weighted by atomic mass is 9.63. The average Bonchev–Trinajstić information content (AvgIpc) is 2.62. The smallest absolute Gasteiger partial charge is 0.0162 e. The summed E-state index contributed by atoms with van der Waals surface area (Å²) < 4.78 is 0. The molecule has 0 bridgehead atoms. The highest BCUT2D eigenvalue weighted by molar-refractivity contribution is 4.96. The molecule has 0 radical (unpaired) electrons. The van der Waals surface area contributed by atoms with Gasteiger partial charge in [0.15, 0.2) is 0 Å². The zero-order valence-electron chi connectivity index (χ0n) is 12.1. The molecular weight excluding hydrogens is 206 g/mol. The molecule has 2 rings (SSSR count). The first kappa shape index (κ1) is 13.4. The second kappa shape index (κ2) is 4.91. The third kappa shape index (κ3) is 3.71. The van der Waals surface area contributed by atoms with Gasteiger partial charge in [0.25, 0.3) is 0 Å². The van der Waals surface area contributed by atoms with Gasteiger partial charge in [-0.1, -0.05) is 46.5 Å². The van der Waals surface area contributed by atoms with Crippen LogP contribution in [-0.2, 0) is 0 Å². The van der Waals surface area contributed by atoms with Crippen molar-refractivity contribution in [3.8, 4) is 0 Å². The molecule has 0 aromatic heterocycles. The van der Waals surface area contributed by atoms with Gasteiger partial charge >= 0.3 is 0 Å². The van der Waals surface area contributed by atoms with Crippen molar-refractivity contribution < 1.29 is 0 Å². The van der Waals surface area contributed by atoms with Gasteiger partial charge in [-0.05, 0) is 49.4 Å². The summed E-state index contributed by atoms with van der Waals surface area (Å²) in [7, 11) is 0. The predicted octanol–water partition coefficient (Wildman–Crippen LogP) is 4.50. The Morgan fingerprint density at radius 3 is 2.35 bits per heavy atom. The summed E-state index contributed by atoms with van der Waals surface area (Å²) in [5.74, 6) is 1.81. The molecule has 0 aromatic carbocycles. The summed E-state index contributed by atoms with van der Waals surface area (Å²) in [5, 5.41) is 0. The van der Waals surface area contributed by atoms with Crippen molar-refractivity contribution in [2.75, 3.05) is 0 Å². The van der Waals surface area contributed by atoms with E-state index in [0.29, 0.717) is 5.41 Å². The summed E-state index contributed by atoms with van der Waals surface area (Å²) in [6.45, 7) is 7.19. The zero-order valence-corrected chi connectivity index (χ0v) is 12.1. The van der Waals surface area contributed by atoms with Gasteiger partial charge in [0.2, 0.25) is 0 Å². The fraction of sp³-hybridized carbons (Fsp3) is 1.00. The number of rotatable bonds is 3. The Balaban J connectivity index is 1.88. The van der Waals surface area contributed by atoms with E-state index >= 15 is 0 Å². The quantitative estimate of drug-likeness (QED) is 0.768. The maximum absolute atomic E-state index is 6.70. The molecule has 2 aliphatic rings. The minimum Gasteiger partial charge on any atom is -0.325 e. The SMILES string of the molecule is CC1CC(C)(C)CC(N)(CCC2CCCC2)C1. The Labute approximate surface area is 108 Å². The van der Waals surface area contributed by atoms with Crippen LogP contribution in [0.2, 0.25) is 0 Å². The van der Waals surface area contributed by atoms with Crippen LogP contribution in [0.25, 0.3) is 0 Å². The second-order valence-corrected chi connectivity index (χ2v) is 7.91. The van der Waals surface area contributed by atoms with Crippen LogP contribution in [0.15, 0.2) is 0 Å². The van der Waals surface area contributed by atoms with Crippen molar-refractivity contribution in [3.63, 3.8) is 0 Å². The molecule has 0 amide bonds. The third-order valence-electron chi connectivity index (χ3n) is 5.01. The number of hydrogen-bond donors (Lipinski definition) is 1. The van der Waals surface area contributed by atoms with E-state index in [1.54, 1.807) is 0 Å². The zero-order chi connectivity index (χ0) is 12.5. The van der Waals surface area contributed by atoms with Gasteiger partial charge < -0.3 is 5.73 Å². The van der Waals surface area contributed by atoms with Crippen molar-refractivity contribution in [1.82, 2.24) is 0 Å². The van der Waals surface area contributed by atoms with E-state index in [9.17, 15) is 0 Å². The van der Waals surface area contributed by atoms with E-state index in [2.05, 4.69) is 20.8 Å². The highest BCUT2D eigenvalue weighted by Gasteiger charge is 2.40. The third-order valence-corrected chi connectivity index (χ3v) is 5.01. The van der Waals surface area contributed by atoms with Crippen molar-refractivity contribution in [1.29, 1.82) is 0 Å². The molecule has 2 unspecified atom stereocenters. The van der Waals surface area contributed by atoms with Gasteiger partial charge in [0, 0.05) is 5.54 Å². The number of hydrogen-bond acceptors (Lipinski definition) is 1. The highest BCUT2D eigenvalue weighted by Crippen LogP contribution is 2.45. The molecule has 2 aliphatic carbocycles. The topological polar surface area (TPSA) is 26.0 Å². The van der Waals surface area contributed by atoms with E-state index in [1.807, 2.05) is 0 Å². The Morgan fingerprint density at radius 2 is 1.76 bits per heavy atom. The van der Waals surface area contributed by atoms with Crippen LogP contribution < -0.4 is 5.73 Å². The van der Waals surface area contributed by atoms with Gasteiger partial charge in [-0.2, -0.15) is 0 Å². The summed E-state index contributed by atoms with van der Waals surface area (Å²) in [4.78, 5) is 0. The maximum Gasteiger partial charge on any atom is 0.0162 e. The summed E-state index contributed by atoms with van der Waals surface area (Å²) in [6, 6.07) is 0. The summed E-state index contributed by atoms with van der Waals surface area (Å²) in [6.07, 6.45) is 12.4. The Kier molecular flexibility index (Phi) is 3.87. The summed E-state index contributed by atoms with van der Waals surface area (Å²) >= 11 is 0. The Bertz CT molecular complexity index is 252. The first-order valence-electron chi connectivity index (χ1n) is 7.68. The molecule has 17 heavy (non-hydrogen) atoms. The lowest BCUT2D eigenvalue weighted by molar-refractivity contribution is 0.0972. The lowest BCUT2D eigenvalue weighted by Gasteiger charge is -2.46. The van der Waals surface area contributed by atoms with Crippen LogP contribution in [0.3, 0.4) is 0 Å². The largest absolute Gasteiger partial charge is 0.325 e. The van der Waals surface area contributed by atoms with Gasteiger partial charge in [-0.15, -0.1) is 0 Å². The Hall–Kier alpha value is -0.0400. The van der Waals surface area contributed by atoms with E-state index in [-0.39, 0.29) is 5.54 Å². The van der Waals surface area contributed by atoms with Gasteiger partial charge in [0.1, 0.15) is 0 Å². The molecule has 2 saturated carbocycles. The molecule has 100 valence electrons. The Morgan fingerprint density at radius 1 is 1.12 bits per heavy atom. The van der Waals surface area contributed by atoms with Crippen molar-refractivity contribution in [2.24, 2.45) is 23.0 Å². The highest BCUT2D eigenvalue weighted by atomic mass is 14.8. The molecule has 0 saturated heterocycles. The molecule has 0 aromatic rings. The first-order chi connectivity index (χ1) is 7.89. The lowest BCUT2D eigenvalue weighted by Crippen LogP contribution is -2.49. The molecule has 2 atom stereocenters. The molecule has 2 N–H and O–H groups in total. The van der Waals surface area contributed by atoms with Crippen LogP contribution >= 0.6 is 0 Å². The van der Waals surface area contributed by atoms with Crippen molar-refractivity contribution in [3.05, 3.63) is 0 Å². The van der Waals surface area contributed by atoms with Gasteiger partial charge in [0.05, 0.1) is 0 Å². The predicted molar refractivity (Wildman–Crippen MR) is 74.9 cm³/mol. The van der Waals surface area contributed by atoms with Crippen molar-refractivity contribution in [2.45, 2.75) is 84.1 Å². The van der Waals surface area contributed by atoms with Crippen LogP contribution in [-0.4, -0.2) is 5.54 Å². The average molecular weight is 237 g/mol. The molecule has 0 aliphatic heterocycles. The van der Waals surface area contributed by atoms with E-state index in [1.165, 1.54) is 57.8 Å². The molecular formula is C16H31N. The fourth-order valence-electron chi connectivity index (χ4n) is 4.79. The molecule has 1 nitrogen and oxygen atoms in total. The molecule has 2 fully saturated rings. The standard InChI is InChI=1S/C16H31N/c1-13-10-15(2,3)12-16(17,11-13)9-8-14-6-4-5-7-14/h13-14H,4-12,17H2,1-3H3. The second-order valence-electron chi connectivity index (χ2n) is 7.91. The van der Waals surface area contributed by atoms with E-state index < -0.39 is 0 Å². The maximum atomic E-state index is 6.70. The van der Waals surface area contributed by atoms with Gasteiger partial charge in [-0.3, -0.25) is 0 Å².